The van der Waals surface area contributed by atoms with Crippen LogP contribution in [0.2, 0.25) is 0 Å². The van der Waals surface area contributed by atoms with Gasteiger partial charge in [0.05, 0.1) is 11.7 Å². The van der Waals surface area contributed by atoms with Crippen molar-refractivity contribution in [2.75, 3.05) is 27.2 Å². The van der Waals surface area contributed by atoms with Gasteiger partial charge in [-0.15, -0.1) is 0 Å². The van der Waals surface area contributed by atoms with Gasteiger partial charge in [0.15, 0.2) is 0 Å². The maximum absolute atomic E-state index is 11.6. The van der Waals surface area contributed by atoms with E-state index in [9.17, 15) is 4.79 Å². The Balaban J connectivity index is 1.53. The van der Waals surface area contributed by atoms with Gasteiger partial charge in [-0.05, 0) is 65.4 Å². The summed E-state index contributed by atoms with van der Waals surface area (Å²) in [5.41, 5.74) is 7.05. The number of rotatable bonds is 11. The average Bonchev–Trinajstić information content (AvgIpc) is 3.40. The average molecular weight is 509 g/mol. The Morgan fingerprint density at radius 1 is 1.03 bits per heavy atom. The molecule has 1 atom stereocenters. The fraction of sp³-hybridized carbons (Fsp3) is 0.250. The lowest BCUT2D eigenvalue weighted by molar-refractivity contribution is -0.123. The van der Waals surface area contributed by atoms with Crippen molar-refractivity contribution in [1.29, 1.82) is 0 Å². The minimum atomic E-state index is -0.0206. The minimum Gasteiger partial charge on any atom is -0.489 e. The fourth-order valence-electron chi connectivity index (χ4n) is 4.43. The zero-order valence-electron chi connectivity index (χ0n) is 22.6. The lowest BCUT2D eigenvalue weighted by atomic mass is 9.88. The van der Waals surface area contributed by atoms with E-state index in [0.29, 0.717) is 13.1 Å². The molecule has 1 unspecified atom stereocenters. The third-order valence-electron chi connectivity index (χ3n) is 6.38. The number of ether oxygens (including phenoxy) is 1. The number of nitrogens with one attached hydrogen (secondary N) is 2. The Morgan fingerprint density at radius 3 is 2.47 bits per heavy atom. The summed E-state index contributed by atoms with van der Waals surface area (Å²) in [7, 11) is 3.48. The van der Waals surface area contributed by atoms with Crippen molar-refractivity contribution in [3.05, 3.63) is 108 Å². The smallest absolute Gasteiger partial charge is 0.245 e. The quantitative estimate of drug-likeness (QED) is 0.150. The van der Waals surface area contributed by atoms with E-state index >= 15 is 0 Å². The number of hydrogen-bond donors (Lipinski definition) is 2. The number of H-pyrrole nitrogens is 1. The third-order valence-corrected chi connectivity index (χ3v) is 6.38. The number of nitrogens with zero attached hydrogens (tertiary/aromatic N) is 2. The Hall–Kier alpha value is -4.16. The highest BCUT2D eigenvalue weighted by atomic mass is 16.5. The van der Waals surface area contributed by atoms with Crippen LogP contribution >= 0.6 is 0 Å². The Morgan fingerprint density at radius 2 is 1.76 bits per heavy atom. The van der Waals surface area contributed by atoms with Gasteiger partial charge in [-0.3, -0.25) is 9.89 Å². The molecule has 6 heteroatoms. The maximum Gasteiger partial charge on any atom is 0.245 e. The Kier molecular flexibility index (Phi) is 9.11. The number of fused-ring (bicyclic) bond motifs is 1. The zero-order chi connectivity index (χ0) is 26.9. The maximum atomic E-state index is 11.6. The van der Waals surface area contributed by atoms with E-state index in [4.69, 9.17) is 4.74 Å². The topological polar surface area (TPSA) is 70.2 Å². The molecule has 0 aliphatic heterocycles. The van der Waals surface area contributed by atoms with Crippen molar-refractivity contribution in [2.24, 2.45) is 0 Å². The molecule has 3 aromatic carbocycles. The summed E-state index contributed by atoms with van der Waals surface area (Å²) in [5.74, 6) is 0.802. The second kappa shape index (κ2) is 12.9. The molecule has 1 heterocycles. The highest BCUT2D eigenvalue weighted by Crippen LogP contribution is 2.36. The predicted molar refractivity (Wildman–Crippen MR) is 156 cm³/mol. The van der Waals surface area contributed by atoms with Crippen LogP contribution in [0, 0.1) is 0 Å². The van der Waals surface area contributed by atoms with Gasteiger partial charge in [0, 0.05) is 38.6 Å². The van der Waals surface area contributed by atoms with Crippen molar-refractivity contribution >= 4 is 28.0 Å². The summed E-state index contributed by atoms with van der Waals surface area (Å²) in [5, 5.41) is 11.6. The number of benzene rings is 3. The van der Waals surface area contributed by atoms with Crippen LogP contribution in [0.25, 0.3) is 22.0 Å². The number of allylic oxidation sites excluding steroid dienone is 1. The molecule has 1 aromatic heterocycles. The normalized spacial score (nSPS) is 12.9. The number of aromatic amines is 1. The molecule has 196 valence electrons. The molecule has 0 aliphatic rings. The number of likely N-dealkylation sites (N-methyl/N-ethyl adjacent to an activating group) is 1. The van der Waals surface area contributed by atoms with Crippen molar-refractivity contribution in [2.45, 2.75) is 26.4 Å². The van der Waals surface area contributed by atoms with E-state index in [-0.39, 0.29) is 12.0 Å². The Labute approximate surface area is 225 Å². The van der Waals surface area contributed by atoms with E-state index in [1.807, 2.05) is 31.3 Å². The van der Waals surface area contributed by atoms with Crippen LogP contribution in [-0.2, 0) is 4.79 Å². The van der Waals surface area contributed by atoms with Crippen molar-refractivity contribution in [1.82, 2.24) is 20.4 Å². The molecular weight excluding hydrogens is 472 g/mol. The van der Waals surface area contributed by atoms with Crippen LogP contribution in [0.1, 0.15) is 37.0 Å². The van der Waals surface area contributed by atoms with Gasteiger partial charge < -0.3 is 15.0 Å². The second-order valence-corrected chi connectivity index (χ2v) is 9.49. The highest BCUT2D eigenvalue weighted by Gasteiger charge is 2.14. The minimum absolute atomic E-state index is 0.0205. The van der Waals surface area contributed by atoms with E-state index in [2.05, 4.69) is 83.1 Å². The molecule has 2 N–H and O–H groups in total. The SMILES string of the molecule is CC/C(=C(/c1ccc(OC(C)CNC/C=C/C(=O)N(C)C)cc1)c1ccc2[nH]ncc2c1)c1ccccc1. The lowest BCUT2D eigenvalue weighted by Crippen LogP contribution is -2.29. The molecule has 4 aromatic rings. The monoisotopic (exact) mass is 508 g/mol. The summed E-state index contributed by atoms with van der Waals surface area (Å²) in [6.07, 6.45) is 6.15. The van der Waals surface area contributed by atoms with Crippen LogP contribution < -0.4 is 10.1 Å². The molecule has 1 amide bonds. The Bertz CT molecular complexity index is 1400. The molecule has 0 radical (unpaired) electrons. The third kappa shape index (κ3) is 6.78. The van der Waals surface area contributed by atoms with E-state index in [1.54, 1.807) is 25.1 Å². The summed E-state index contributed by atoms with van der Waals surface area (Å²) in [4.78, 5) is 13.2. The molecule has 0 aliphatic carbocycles. The van der Waals surface area contributed by atoms with Crippen LogP contribution in [-0.4, -0.2) is 54.3 Å². The molecule has 0 bridgehead atoms. The van der Waals surface area contributed by atoms with Crippen LogP contribution in [0.15, 0.2) is 91.1 Å². The first kappa shape index (κ1) is 26.9. The predicted octanol–water partition coefficient (Wildman–Crippen LogP) is 5.93. The highest BCUT2D eigenvalue weighted by molar-refractivity contribution is 6.00. The molecule has 4 rings (SSSR count). The summed E-state index contributed by atoms with van der Waals surface area (Å²) >= 11 is 0. The van der Waals surface area contributed by atoms with Crippen LogP contribution in [0.5, 0.6) is 5.75 Å². The van der Waals surface area contributed by atoms with Crippen LogP contribution in [0.4, 0.5) is 0 Å². The largest absolute Gasteiger partial charge is 0.489 e. The molecule has 0 spiro atoms. The molecule has 6 nitrogen and oxygen atoms in total. The van der Waals surface area contributed by atoms with Gasteiger partial charge in [-0.1, -0.05) is 61.5 Å². The van der Waals surface area contributed by atoms with Crippen molar-refractivity contribution < 1.29 is 9.53 Å². The first-order valence-electron chi connectivity index (χ1n) is 13.0. The van der Waals surface area contributed by atoms with E-state index in [1.165, 1.54) is 16.7 Å². The first-order chi connectivity index (χ1) is 18.5. The van der Waals surface area contributed by atoms with Crippen LogP contribution in [0.3, 0.4) is 0 Å². The zero-order valence-corrected chi connectivity index (χ0v) is 22.6. The molecule has 38 heavy (non-hydrogen) atoms. The molecular formula is C32H36N4O2. The summed E-state index contributed by atoms with van der Waals surface area (Å²) in [6, 6.07) is 25.4. The van der Waals surface area contributed by atoms with Gasteiger partial charge in [0.25, 0.3) is 0 Å². The number of carbonyl (C=O) groups is 1. The van der Waals surface area contributed by atoms with Gasteiger partial charge in [0.1, 0.15) is 11.9 Å². The number of carbonyl (C=O) groups excluding carboxylic acids is 1. The van der Waals surface area contributed by atoms with Gasteiger partial charge >= 0.3 is 0 Å². The number of hydrogen-bond acceptors (Lipinski definition) is 4. The van der Waals surface area contributed by atoms with Gasteiger partial charge in [-0.2, -0.15) is 5.10 Å². The number of aromatic nitrogens is 2. The molecule has 0 saturated carbocycles. The molecule has 0 saturated heterocycles. The van der Waals surface area contributed by atoms with E-state index < -0.39 is 0 Å². The van der Waals surface area contributed by atoms with Gasteiger partial charge in [-0.25, -0.2) is 0 Å². The summed E-state index contributed by atoms with van der Waals surface area (Å²) in [6.45, 7) is 5.52. The fourth-order valence-corrected chi connectivity index (χ4v) is 4.43. The van der Waals surface area contributed by atoms with Gasteiger partial charge in [0.2, 0.25) is 5.91 Å². The standard InChI is InChI=1S/C32H36N4O2/c1-5-29(24-10-7-6-8-11-24)32(26-15-18-30-27(20-26)22-34-35-30)25-13-16-28(17-14-25)38-23(2)21-33-19-9-12-31(37)36(3)4/h6-18,20,22-23,33H,5,19,21H2,1-4H3,(H,34,35)/b12-9+,32-29+. The second-order valence-electron chi connectivity index (χ2n) is 9.49. The first-order valence-corrected chi connectivity index (χ1v) is 13.0. The lowest BCUT2D eigenvalue weighted by Gasteiger charge is -2.18. The number of amides is 1. The van der Waals surface area contributed by atoms with Crippen molar-refractivity contribution in [3.8, 4) is 5.75 Å². The molecule has 0 fully saturated rings. The summed E-state index contributed by atoms with van der Waals surface area (Å²) < 4.78 is 6.15. The van der Waals surface area contributed by atoms with E-state index in [0.717, 1.165) is 34.2 Å². The van der Waals surface area contributed by atoms with Crippen molar-refractivity contribution in [3.63, 3.8) is 0 Å².